The fourth-order valence-corrected chi connectivity index (χ4v) is 7.01. The molecule has 0 saturated carbocycles. The average molecular weight is 580 g/mol. The van der Waals surface area contributed by atoms with E-state index in [1.54, 1.807) is 19.1 Å². The Morgan fingerprint density at radius 3 is 2.24 bits per heavy atom. The lowest BCUT2D eigenvalue weighted by Gasteiger charge is -2.30. The first-order valence-corrected chi connectivity index (χ1v) is 15.3. The van der Waals surface area contributed by atoms with E-state index >= 15 is 0 Å². The summed E-state index contributed by atoms with van der Waals surface area (Å²) in [6, 6.07) is 16.0. The van der Waals surface area contributed by atoms with Gasteiger partial charge in [0, 0.05) is 29.7 Å². The number of amides is 1. The van der Waals surface area contributed by atoms with Gasteiger partial charge in [0.1, 0.15) is 5.82 Å². The molecule has 3 aromatic carbocycles. The molecule has 0 radical (unpaired) electrons. The van der Waals surface area contributed by atoms with Crippen LogP contribution in [0.5, 0.6) is 0 Å². The third kappa shape index (κ3) is 6.90. The van der Waals surface area contributed by atoms with Gasteiger partial charge in [-0.1, -0.05) is 29.8 Å². The highest BCUT2D eigenvalue weighted by atomic mass is 35.5. The number of nitrogens with one attached hydrogen (secondary N) is 2. The van der Waals surface area contributed by atoms with Crippen molar-refractivity contribution in [2.24, 2.45) is 5.92 Å². The molecule has 1 aliphatic rings. The number of benzene rings is 3. The Hall–Kier alpha value is -2.99. The molecule has 1 amide bonds. The Balaban J connectivity index is 1.32. The van der Waals surface area contributed by atoms with E-state index in [0.717, 1.165) is 5.56 Å². The van der Waals surface area contributed by atoms with E-state index in [1.165, 1.54) is 58.9 Å². The second kappa shape index (κ2) is 11.4. The Kier molecular flexibility index (Phi) is 8.41. The van der Waals surface area contributed by atoms with Crippen molar-refractivity contribution >= 4 is 48.9 Å². The zero-order chi connectivity index (χ0) is 27.5. The zero-order valence-electron chi connectivity index (χ0n) is 20.5. The largest absolute Gasteiger partial charge is 0.326 e. The monoisotopic (exact) mass is 579 g/mol. The predicted octanol–water partition coefficient (Wildman–Crippen LogP) is 4.77. The van der Waals surface area contributed by atoms with E-state index in [4.69, 9.17) is 11.6 Å². The smallest absolute Gasteiger partial charge is 0.261 e. The van der Waals surface area contributed by atoms with Crippen LogP contribution in [-0.4, -0.2) is 40.1 Å². The lowest BCUT2D eigenvalue weighted by molar-refractivity contribution is -0.120. The van der Waals surface area contributed by atoms with Crippen LogP contribution in [0, 0.1) is 18.7 Å². The summed E-state index contributed by atoms with van der Waals surface area (Å²) in [5, 5.41) is 3.19. The molecule has 0 aromatic heterocycles. The van der Waals surface area contributed by atoms with Gasteiger partial charge in [-0.05, 0) is 79.4 Å². The fraction of sp³-hybridized carbons (Fsp3) is 0.269. The molecule has 0 bridgehead atoms. The van der Waals surface area contributed by atoms with Crippen molar-refractivity contribution in [1.82, 2.24) is 4.31 Å². The normalized spacial score (nSPS) is 15.2. The highest BCUT2D eigenvalue weighted by Gasteiger charge is 2.31. The molecule has 0 spiro atoms. The summed E-state index contributed by atoms with van der Waals surface area (Å²) in [6.07, 6.45) is 0.702. The van der Waals surface area contributed by atoms with Crippen LogP contribution in [0.15, 0.2) is 71.6 Å². The lowest BCUT2D eigenvalue weighted by atomic mass is 9.97. The minimum atomic E-state index is -3.87. The lowest BCUT2D eigenvalue weighted by Crippen LogP contribution is -2.41. The van der Waals surface area contributed by atoms with E-state index in [2.05, 4.69) is 10.0 Å². The molecule has 1 saturated heterocycles. The number of hydrogen-bond donors (Lipinski definition) is 2. The number of halogens is 2. The van der Waals surface area contributed by atoms with E-state index in [9.17, 15) is 26.0 Å². The minimum Gasteiger partial charge on any atom is -0.326 e. The van der Waals surface area contributed by atoms with E-state index in [1.807, 2.05) is 0 Å². The average Bonchev–Trinajstić information content (AvgIpc) is 2.88. The summed E-state index contributed by atoms with van der Waals surface area (Å²) in [5.41, 5.74) is 2.02. The van der Waals surface area contributed by atoms with Crippen molar-refractivity contribution in [2.75, 3.05) is 23.1 Å². The van der Waals surface area contributed by atoms with Crippen LogP contribution in [0.3, 0.4) is 0 Å². The van der Waals surface area contributed by atoms with Gasteiger partial charge in [-0.25, -0.2) is 25.5 Å². The molecule has 2 N–H and O–H groups in total. The zero-order valence-corrected chi connectivity index (χ0v) is 22.9. The first-order valence-electron chi connectivity index (χ1n) is 11.9. The van der Waals surface area contributed by atoms with Crippen molar-refractivity contribution in [3.63, 3.8) is 0 Å². The highest BCUT2D eigenvalue weighted by Crippen LogP contribution is 2.26. The molecular weight excluding hydrogens is 553 g/mol. The van der Waals surface area contributed by atoms with Gasteiger partial charge in [-0.2, -0.15) is 0 Å². The molecule has 8 nitrogen and oxygen atoms in total. The van der Waals surface area contributed by atoms with Crippen LogP contribution in [-0.2, 0) is 30.6 Å². The molecular formula is C26H27ClFN3O5S2. The van der Waals surface area contributed by atoms with Gasteiger partial charge in [-0.3, -0.25) is 9.52 Å². The minimum absolute atomic E-state index is 0.0227. The van der Waals surface area contributed by atoms with Crippen LogP contribution in [0.4, 0.5) is 15.8 Å². The van der Waals surface area contributed by atoms with Gasteiger partial charge in [0.25, 0.3) is 10.0 Å². The van der Waals surface area contributed by atoms with Gasteiger partial charge < -0.3 is 5.32 Å². The molecule has 1 heterocycles. The van der Waals surface area contributed by atoms with Crippen LogP contribution in [0.25, 0.3) is 0 Å². The maximum atomic E-state index is 13.1. The number of hydrogen-bond acceptors (Lipinski definition) is 5. The Labute approximate surface area is 226 Å². The van der Waals surface area contributed by atoms with Crippen molar-refractivity contribution in [2.45, 2.75) is 30.4 Å². The van der Waals surface area contributed by atoms with Crippen LogP contribution < -0.4 is 10.0 Å². The number of carbonyl (C=O) groups excluding carboxylic acids is 1. The van der Waals surface area contributed by atoms with Crippen LogP contribution in [0.1, 0.15) is 24.0 Å². The summed E-state index contributed by atoms with van der Waals surface area (Å²) < 4.78 is 68.0. The third-order valence-corrected chi connectivity index (χ3v) is 9.82. The number of sulfonamides is 2. The second-order valence-electron chi connectivity index (χ2n) is 9.13. The van der Waals surface area contributed by atoms with Crippen molar-refractivity contribution in [3.05, 3.63) is 88.7 Å². The third-order valence-electron chi connectivity index (χ3n) is 6.36. The SMILES string of the molecule is Cc1ccc(Cl)cc1NS(=O)(=O)c1ccc(NC(=O)C2CCN(S(=O)(=O)Cc3ccc(F)cc3)CC2)cc1. The molecule has 1 fully saturated rings. The molecule has 12 heteroatoms. The van der Waals surface area contributed by atoms with Crippen molar-refractivity contribution < 1.29 is 26.0 Å². The number of nitrogens with zero attached hydrogens (tertiary/aromatic N) is 1. The number of carbonyl (C=O) groups is 1. The standard InChI is InChI=1S/C26H27ClFN3O5S2/c1-18-2-5-21(27)16-25(18)30-38(35,36)24-10-8-23(9-11-24)29-26(32)20-12-14-31(15-13-20)37(33,34)17-19-3-6-22(28)7-4-19/h2-11,16,20,30H,12-15,17H2,1H3,(H,29,32). The van der Waals surface area contributed by atoms with E-state index in [-0.39, 0.29) is 35.6 Å². The molecule has 0 atom stereocenters. The number of aryl methyl sites for hydroxylation is 1. The first-order chi connectivity index (χ1) is 17.9. The quantitative estimate of drug-likeness (QED) is 0.399. The van der Waals surface area contributed by atoms with Gasteiger partial charge in [0.15, 0.2) is 0 Å². The van der Waals surface area contributed by atoms with Gasteiger partial charge >= 0.3 is 0 Å². The molecule has 202 valence electrons. The molecule has 1 aliphatic heterocycles. The molecule has 3 aromatic rings. The Morgan fingerprint density at radius 2 is 1.61 bits per heavy atom. The summed E-state index contributed by atoms with van der Waals surface area (Å²) >= 11 is 5.97. The maximum Gasteiger partial charge on any atom is 0.261 e. The van der Waals surface area contributed by atoms with E-state index in [0.29, 0.717) is 34.8 Å². The van der Waals surface area contributed by atoms with Gasteiger partial charge in [-0.15, -0.1) is 0 Å². The second-order valence-corrected chi connectivity index (χ2v) is 13.2. The summed E-state index contributed by atoms with van der Waals surface area (Å²) in [4.78, 5) is 12.8. The summed E-state index contributed by atoms with van der Waals surface area (Å²) in [6.45, 7) is 2.17. The van der Waals surface area contributed by atoms with Crippen molar-refractivity contribution in [3.8, 4) is 0 Å². The van der Waals surface area contributed by atoms with Crippen LogP contribution in [0.2, 0.25) is 5.02 Å². The number of rotatable bonds is 8. The molecule has 0 aliphatic carbocycles. The number of piperidine rings is 1. The van der Waals surface area contributed by atoms with Gasteiger partial charge in [0.2, 0.25) is 15.9 Å². The summed E-state index contributed by atoms with van der Waals surface area (Å²) in [7, 11) is -7.46. The fourth-order valence-electron chi connectivity index (χ4n) is 4.15. The molecule has 4 rings (SSSR count). The molecule has 38 heavy (non-hydrogen) atoms. The van der Waals surface area contributed by atoms with E-state index < -0.39 is 25.9 Å². The summed E-state index contributed by atoms with van der Waals surface area (Å²) in [5.74, 6) is -1.31. The van der Waals surface area contributed by atoms with Gasteiger partial charge in [0.05, 0.1) is 16.3 Å². The predicted molar refractivity (Wildman–Crippen MR) is 145 cm³/mol. The van der Waals surface area contributed by atoms with Crippen LogP contribution >= 0.6 is 11.6 Å². The van der Waals surface area contributed by atoms with Crippen molar-refractivity contribution in [1.29, 1.82) is 0 Å². The Bertz CT molecular complexity index is 1520. The first kappa shape index (κ1) is 28.0. The topological polar surface area (TPSA) is 113 Å². The maximum absolute atomic E-state index is 13.1. The molecule has 0 unspecified atom stereocenters. The number of anilines is 2. The highest BCUT2D eigenvalue weighted by molar-refractivity contribution is 7.92. The Morgan fingerprint density at radius 1 is 0.974 bits per heavy atom.